The summed E-state index contributed by atoms with van der Waals surface area (Å²) in [6.45, 7) is 2.98. The first kappa shape index (κ1) is 16.7. The summed E-state index contributed by atoms with van der Waals surface area (Å²) in [5, 5.41) is 2.65. The fraction of sp³-hybridized carbons (Fsp3) is 0.462. The lowest BCUT2D eigenvalue weighted by Crippen LogP contribution is -2.36. The summed E-state index contributed by atoms with van der Waals surface area (Å²) in [6.07, 6.45) is 0.226. The van der Waals surface area contributed by atoms with E-state index in [1.54, 1.807) is 6.07 Å². The second kappa shape index (κ2) is 8.04. The van der Waals surface area contributed by atoms with Crippen LogP contribution in [0.15, 0.2) is 18.2 Å². The van der Waals surface area contributed by atoms with E-state index in [1.165, 1.54) is 12.1 Å². The molecule has 2 rings (SSSR count). The Hall–Kier alpha value is -1.37. The van der Waals surface area contributed by atoms with Gasteiger partial charge in [-0.2, -0.15) is 0 Å². The average Bonchev–Trinajstić information content (AvgIpc) is 2.39. The first-order valence-corrected chi connectivity index (χ1v) is 6.32. The van der Waals surface area contributed by atoms with Crippen LogP contribution in [-0.2, 0) is 9.53 Å². The van der Waals surface area contributed by atoms with Crippen molar-refractivity contribution in [3.05, 3.63) is 24.0 Å². The molecule has 112 valence electrons. The summed E-state index contributed by atoms with van der Waals surface area (Å²) < 4.78 is 18.8. The van der Waals surface area contributed by atoms with Gasteiger partial charge in [-0.05, 0) is 18.2 Å². The predicted molar refractivity (Wildman–Crippen MR) is 79.0 cm³/mol. The van der Waals surface area contributed by atoms with E-state index >= 15 is 0 Å². The third kappa shape index (κ3) is 4.63. The molecule has 0 unspecified atom stereocenters. The van der Waals surface area contributed by atoms with Crippen molar-refractivity contribution in [2.45, 2.75) is 6.42 Å². The molecule has 1 aromatic carbocycles. The zero-order valence-corrected chi connectivity index (χ0v) is 11.9. The van der Waals surface area contributed by atoms with Crippen molar-refractivity contribution in [3.8, 4) is 0 Å². The van der Waals surface area contributed by atoms with Gasteiger partial charge >= 0.3 is 0 Å². The van der Waals surface area contributed by atoms with E-state index in [1.807, 2.05) is 4.90 Å². The van der Waals surface area contributed by atoms with Crippen LogP contribution in [0.5, 0.6) is 0 Å². The summed E-state index contributed by atoms with van der Waals surface area (Å²) in [4.78, 5) is 13.5. The number of ether oxygens (including phenoxy) is 1. The zero-order valence-electron chi connectivity index (χ0n) is 11.1. The maximum absolute atomic E-state index is 13.6. The molecular weight excluding hydrogens is 285 g/mol. The highest BCUT2D eigenvalue weighted by Gasteiger charge is 2.13. The number of nitrogens with zero attached hydrogens (tertiary/aromatic N) is 1. The van der Waals surface area contributed by atoms with Crippen molar-refractivity contribution in [3.63, 3.8) is 0 Å². The summed E-state index contributed by atoms with van der Waals surface area (Å²) in [7, 11) is 0. The van der Waals surface area contributed by atoms with E-state index in [0.717, 1.165) is 18.8 Å². The molecule has 0 bridgehead atoms. The number of carbonyl (C=O) groups is 1. The van der Waals surface area contributed by atoms with Gasteiger partial charge < -0.3 is 20.7 Å². The van der Waals surface area contributed by atoms with E-state index in [9.17, 15) is 9.18 Å². The van der Waals surface area contributed by atoms with Crippen molar-refractivity contribution in [2.75, 3.05) is 43.1 Å². The Kier molecular flexibility index (Phi) is 6.70. The molecule has 3 N–H and O–H groups in total. The third-order valence-corrected chi connectivity index (χ3v) is 2.91. The van der Waals surface area contributed by atoms with Crippen LogP contribution >= 0.6 is 12.4 Å². The minimum Gasteiger partial charge on any atom is -0.378 e. The van der Waals surface area contributed by atoms with Crippen LogP contribution in [0.25, 0.3) is 0 Å². The highest BCUT2D eigenvalue weighted by atomic mass is 35.5. The first-order valence-electron chi connectivity index (χ1n) is 6.32. The van der Waals surface area contributed by atoms with Crippen molar-refractivity contribution in [1.29, 1.82) is 0 Å². The Balaban J connectivity index is 0.00000200. The number of morpholine rings is 1. The van der Waals surface area contributed by atoms with Gasteiger partial charge in [0.1, 0.15) is 5.82 Å². The van der Waals surface area contributed by atoms with Gasteiger partial charge in [0.2, 0.25) is 5.91 Å². The number of carbonyl (C=O) groups excluding carboxylic acids is 1. The first-order chi connectivity index (χ1) is 9.19. The highest BCUT2D eigenvalue weighted by Crippen LogP contribution is 2.22. The SMILES string of the molecule is Cl.NCCC(=O)Nc1cc(F)cc(N2CCOCC2)c1. The van der Waals surface area contributed by atoms with Crippen LogP contribution in [0.4, 0.5) is 15.8 Å². The molecule has 1 aromatic rings. The van der Waals surface area contributed by atoms with Crippen molar-refractivity contribution in [2.24, 2.45) is 5.73 Å². The fourth-order valence-electron chi connectivity index (χ4n) is 2.01. The highest BCUT2D eigenvalue weighted by molar-refractivity contribution is 5.91. The maximum Gasteiger partial charge on any atom is 0.225 e. The van der Waals surface area contributed by atoms with Gasteiger partial charge in [0.25, 0.3) is 0 Å². The monoisotopic (exact) mass is 303 g/mol. The summed E-state index contributed by atoms with van der Waals surface area (Å²) in [6, 6.07) is 4.53. The molecule has 1 saturated heterocycles. The summed E-state index contributed by atoms with van der Waals surface area (Å²) >= 11 is 0. The molecule has 0 aromatic heterocycles. The van der Waals surface area contributed by atoms with Crippen LogP contribution in [-0.4, -0.2) is 38.8 Å². The van der Waals surface area contributed by atoms with Crippen molar-refractivity contribution in [1.82, 2.24) is 0 Å². The number of hydrogen-bond acceptors (Lipinski definition) is 4. The molecule has 0 saturated carbocycles. The number of amides is 1. The predicted octanol–water partition coefficient (Wildman–Crippen LogP) is 1.37. The molecule has 0 aliphatic carbocycles. The Labute approximate surface area is 123 Å². The number of hydrogen-bond donors (Lipinski definition) is 2. The minimum absolute atomic E-state index is 0. The summed E-state index contributed by atoms with van der Waals surface area (Å²) in [5.41, 5.74) is 6.52. The molecule has 7 heteroatoms. The number of benzene rings is 1. The molecule has 1 fully saturated rings. The van der Waals surface area contributed by atoms with Crippen LogP contribution in [0, 0.1) is 5.82 Å². The topological polar surface area (TPSA) is 67.6 Å². The number of nitrogens with one attached hydrogen (secondary N) is 1. The normalized spacial score (nSPS) is 14.6. The van der Waals surface area contributed by atoms with Crippen molar-refractivity contribution < 1.29 is 13.9 Å². The zero-order chi connectivity index (χ0) is 13.7. The lowest BCUT2D eigenvalue weighted by atomic mass is 10.2. The third-order valence-electron chi connectivity index (χ3n) is 2.91. The molecular formula is C13H19ClFN3O2. The molecule has 1 amide bonds. The number of rotatable bonds is 4. The number of anilines is 2. The Morgan fingerprint density at radius 1 is 1.35 bits per heavy atom. The van der Waals surface area contributed by atoms with Gasteiger partial charge in [0, 0.05) is 37.4 Å². The standard InChI is InChI=1S/C13H18FN3O2.ClH/c14-10-7-11(16-13(18)1-2-15)9-12(8-10)17-3-5-19-6-4-17;/h7-9H,1-6,15H2,(H,16,18);1H. The molecule has 20 heavy (non-hydrogen) atoms. The Bertz CT molecular complexity index is 453. The van der Waals surface area contributed by atoms with Gasteiger partial charge in [-0.25, -0.2) is 4.39 Å². The van der Waals surface area contributed by atoms with E-state index in [2.05, 4.69) is 5.32 Å². The largest absolute Gasteiger partial charge is 0.378 e. The molecule has 0 spiro atoms. The Morgan fingerprint density at radius 2 is 2.05 bits per heavy atom. The van der Waals surface area contributed by atoms with E-state index in [0.29, 0.717) is 18.9 Å². The lowest BCUT2D eigenvalue weighted by Gasteiger charge is -2.29. The lowest BCUT2D eigenvalue weighted by molar-refractivity contribution is -0.116. The molecule has 1 aliphatic rings. The van der Waals surface area contributed by atoms with E-state index in [4.69, 9.17) is 10.5 Å². The van der Waals surface area contributed by atoms with Crippen LogP contribution in [0.1, 0.15) is 6.42 Å². The van der Waals surface area contributed by atoms with Gasteiger partial charge in [0.15, 0.2) is 0 Å². The van der Waals surface area contributed by atoms with E-state index < -0.39 is 0 Å². The average molecular weight is 304 g/mol. The van der Waals surface area contributed by atoms with Gasteiger partial charge in [-0.1, -0.05) is 0 Å². The summed E-state index contributed by atoms with van der Waals surface area (Å²) in [5.74, 6) is -0.576. The Morgan fingerprint density at radius 3 is 2.70 bits per heavy atom. The van der Waals surface area contributed by atoms with Crippen LogP contribution in [0.2, 0.25) is 0 Å². The number of halogens is 2. The second-order valence-corrected chi connectivity index (χ2v) is 4.38. The van der Waals surface area contributed by atoms with Gasteiger partial charge in [-0.15, -0.1) is 12.4 Å². The fourth-order valence-corrected chi connectivity index (χ4v) is 2.01. The van der Waals surface area contributed by atoms with Crippen LogP contribution in [0.3, 0.4) is 0 Å². The van der Waals surface area contributed by atoms with E-state index in [-0.39, 0.29) is 37.1 Å². The molecule has 5 nitrogen and oxygen atoms in total. The maximum atomic E-state index is 13.6. The number of nitrogens with two attached hydrogens (primary N) is 1. The minimum atomic E-state index is -0.368. The van der Waals surface area contributed by atoms with Gasteiger partial charge in [0.05, 0.1) is 13.2 Å². The second-order valence-electron chi connectivity index (χ2n) is 4.38. The molecule has 1 heterocycles. The molecule has 1 aliphatic heterocycles. The van der Waals surface area contributed by atoms with Gasteiger partial charge in [-0.3, -0.25) is 4.79 Å². The smallest absolute Gasteiger partial charge is 0.225 e. The molecule has 0 atom stereocenters. The van der Waals surface area contributed by atoms with Crippen LogP contribution < -0.4 is 16.0 Å². The van der Waals surface area contributed by atoms with Crippen molar-refractivity contribution >= 4 is 29.7 Å². The molecule has 0 radical (unpaired) electrons. The quantitative estimate of drug-likeness (QED) is 0.881.